The number of fused-ring (bicyclic) bond motifs is 1. The first-order chi connectivity index (χ1) is 16.7. The molecule has 1 saturated carbocycles. The molecule has 0 radical (unpaired) electrons. The molecule has 0 amide bonds. The van der Waals surface area contributed by atoms with Crippen LogP contribution in [-0.4, -0.2) is 50.4 Å². The molecule has 0 spiro atoms. The van der Waals surface area contributed by atoms with E-state index >= 15 is 0 Å². The molecule has 0 aromatic carbocycles. The second-order valence-electron chi connectivity index (χ2n) is 9.36. The van der Waals surface area contributed by atoms with Crippen molar-refractivity contribution in [3.05, 3.63) is 41.6 Å². The number of hydrogen-bond donors (Lipinski definition) is 1. The van der Waals surface area contributed by atoms with Gasteiger partial charge in [0.15, 0.2) is 5.82 Å². The van der Waals surface area contributed by atoms with Crippen molar-refractivity contribution < 1.29 is 22.3 Å². The summed E-state index contributed by atoms with van der Waals surface area (Å²) in [5.74, 6) is -1.31. The van der Waals surface area contributed by atoms with E-state index in [-0.39, 0.29) is 43.3 Å². The number of nitrogen functional groups attached to an aromatic ring is 1. The van der Waals surface area contributed by atoms with Crippen molar-refractivity contribution in [2.45, 2.75) is 63.3 Å². The molecular weight excluding hydrogens is 571 g/mol. The number of anilines is 1. The molecule has 4 heterocycles. The Bertz CT molecular complexity index is 1220. The second kappa shape index (κ2) is 12.8. The number of nitrogens with zero attached hydrogens (tertiary/aromatic N) is 5. The quantitative estimate of drug-likeness (QED) is 0.351. The average Bonchev–Trinajstić information content (AvgIpc) is 3.44. The number of rotatable bonds is 5. The zero-order valence-electron chi connectivity index (χ0n) is 20.7. The fraction of sp³-hybridized carbons (Fsp3) is 0.542. The molecule has 7 nitrogen and oxygen atoms in total. The van der Waals surface area contributed by atoms with E-state index in [1.165, 1.54) is 0 Å². The molecule has 2 fully saturated rings. The lowest BCUT2D eigenvalue weighted by atomic mass is 9.93. The molecule has 5 rings (SSSR count). The number of halogens is 7. The summed E-state index contributed by atoms with van der Waals surface area (Å²) in [4.78, 5) is 10.4. The van der Waals surface area contributed by atoms with Crippen molar-refractivity contribution in [1.29, 1.82) is 0 Å². The highest BCUT2D eigenvalue weighted by Gasteiger charge is 2.37. The lowest BCUT2D eigenvalue weighted by Gasteiger charge is -2.29. The minimum atomic E-state index is -4.80. The van der Waals surface area contributed by atoms with Crippen LogP contribution >= 0.6 is 37.2 Å². The van der Waals surface area contributed by atoms with Gasteiger partial charge in [-0.15, -0.1) is 37.2 Å². The molecule has 38 heavy (non-hydrogen) atoms. The molecule has 1 unspecified atom stereocenters. The van der Waals surface area contributed by atoms with Crippen LogP contribution in [0, 0.1) is 5.82 Å². The van der Waals surface area contributed by atoms with E-state index in [0.29, 0.717) is 43.5 Å². The summed E-state index contributed by atoms with van der Waals surface area (Å²) < 4.78 is 61.0. The topological polar surface area (TPSA) is 82.1 Å². The summed E-state index contributed by atoms with van der Waals surface area (Å²) in [5.41, 5.74) is 6.60. The largest absolute Gasteiger partial charge is 0.472 e. The number of aromatic nitrogens is 4. The maximum Gasteiger partial charge on any atom is 0.419 e. The summed E-state index contributed by atoms with van der Waals surface area (Å²) in [6.45, 7) is 5.16. The van der Waals surface area contributed by atoms with Gasteiger partial charge in [0.25, 0.3) is 5.88 Å². The summed E-state index contributed by atoms with van der Waals surface area (Å²) in [6, 6.07) is 2.54. The maximum absolute atomic E-state index is 14.3. The minimum Gasteiger partial charge on any atom is -0.472 e. The van der Waals surface area contributed by atoms with Gasteiger partial charge in [0.2, 0.25) is 0 Å². The third-order valence-corrected chi connectivity index (χ3v) is 7.18. The number of likely N-dealkylation sites (tertiary alicyclic amines) is 1. The fourth-order valence-corrected chi connectivity index (χ4v) is 5.29. The van der Waals surface area contributed by atoms with Crippen LogP contribution in [-0.2, 0) is 6.18 Å². The van der Waals surface area contributed by atoms with Gasteiger partial charge >= 0.3 is 6.18 Å². The van der Waals surface area contributed by atoms with Crippen molar-refractivity contribution in [2.75, 3.05) is 25.4 Å². The summed E-state index contributed by atoms with van der Waals surface area (Å²) in [7, 11) is 0. The van der Waals surface area contributed by atoms with Crippen molar-refractivity contribution in [3.63, 3.8) is 0 Å². The van der Waals surface area contributed by atoms with Crippen LogP contribution in [0.4, 0.5) is 23.4 Å². The Kier molecular flexibility index (Phi) is 10.9. The molecule has 1 aliphatic heterocycles. The summed E-state index contributed by atoms with van der Waals surface area (Å²) in [6.07, 6.45) is 1.02. The van der Waals surface area contributed by atoms with E-state index in [0.717, 1.165) is 48.8 Å². The molecule has 3 aromatic rings. The normalized spacial score (nSPS) is 21.9. The van der Waals surface area contributed by atoms with E-state index in [1.807, 2.05) is 10.7 Å². The van der Waals surface area contributed by atoms with Crippen LogP contribution in [0.2, 0.25) is 0 Å². The number of nitrogens with two attached hydrogens (primary N) is 1. The number of ether oxygens (including phenoxy) is 1. The Labute approximate surface area is 236 Å². The Morgan fingerprint density at radius 1 is 1.08 bits per heavy atom. The first-order valence-corrected chi connectivity index (χ1v) is 12.0. The van der Waals surface area contributed by atoms with Gasteiger partial charge in [0.1, 0.15) is 11.9 Å². The molecule has 1 aliphatic carbocycles. The number of pyridine rings is 2. The van der Waals surface area contributed by atoms with Gasteiger partial charge < -0.3 is 15.4 Å². The van der Waals surface area contributed by atoms with Crippen LogP contribution in [0.3, 0.4) is 0 Å². The fourth-order valence-electron chi connectivity index (χ4n) is 5.29. The molecule has 1 atom stereocenters. The van der Waals surface area contributed by atoms with Gasteiger partial charge in [-0.25, -0.2) is 14.4 Å². The summed E-state index contributed by atoms with van der Waals surface area (Å²) in [5, 5.41) is 6.03. The molecule has 2 aliphatic rings. The molecule has 2 N–H and O–H groups in total. The average molecular weight is 602 g/mol. The lowest BCUT2D eigenvalue weighted by Crippen LogP contribution is -2.27. The number of alkyl halides is 3. The first-order valence-electron chi connectivity index (χ1n) is 12.0. The van der Waals surface area contributed by atoms with E-state index in [9.17, 15) is 17.6 Å². The van der Waals surface area contributed by atoms with Gasteiger partial charge in [-0.3, -0.25) is 4.68 Å². The standard InChI is InChI=1S/C24H28F4N6O.3ClH/c1-2-33-10-8-14(13-33)22-17-12-31-20(29)11-19(17)34(32-22)15-3-5-16(6-4-15)35-23-21(25)18(7-9-30-23)24(26,27)28;;;/h7,9,11-12,14-16H,2-6,8,10,13H2,1H3,(H2,29,31);3*1H. The lowest BCUT2D eigenvalue weighted by molar-refractivity contribution is -0.140. The third-order valence-electron chi connectivity index (χ3n) is 7.18. The van der Waals surface area contributed by atoms with E-state index in [2.05, 4.69) is 21.8 Å². The molecule has 212 valence electrons. The van der Waals surface area contributed by atoms with Crippen molar-refractivity contribution >= 4 is 53.9 Å². The van der Waals surface area contributed by atoms with Crippen LogP contribution in [0.25, 0.3) is 10.9 Å². The third kappa shape index (κ3) is 6.38. The van der Waals surface area contributed by atoms with Gasteiger partial charge in [0.05, 0.1) is 22.8 Å². The highest BCUT2D eigenvalue weighted by Crippen LogP contribution is 2.38. The monoisotopic (exact) mass is 600 g/mol. The van der Waals surface area contributed by atoms with E-state index in [4.69, 9.17) is 15.6 Å². The van der Waals surface area contributed by atoms with Gasteiger partial charge in [-0.2, -0.15) is 18.3 Å². The molecular formula is C24H31Cl3F4N6O. The molecule has 3 aromatic heterocycles. The number of hydrogen-bond acceptors (Lipinski definition) is 6. The maximum atomic E-state index is 14.3. The second-order valence-corrected chi connectivity index (χ2v) is 9.36. The Morgan fingerprint density at radius 3 is 2.42 bits per heavy atom. The first kappa shape index (κ1) is 32.1. The Morgan fingerprint density at radius 2 is 1.79 bits per heavy atom. The minimum absolute atomic E-state index is 0. The molecule has 14 heteroatoms. The van der Waals surface area contributed by atoms with Gasteiger partial charge in [0, 0.05) is 36.3 Å². The smallest absolute Gasteiger partial charge is 0.419 e. The molecule has 0 bridgehead atoms. The Hall–Kier alpha value is -2.08. The highest BCUT2D eigenvalue weighted by molar-refractivity contribution is 5.86. The predicted molar refractivity (Wildman–Crippen MR) is 144 cm³/mol. The van der Waals surface area contributed by atoms with Crippen LogP contribution in [0.5, 0.6) is 5.88 Å². The van der Waals surface area contributed by atoms with E-state index in [1.54, 1.807) is 6.20 Å². The van der Waals surface area contributed by atoms with E-state index < -0.39 is 29.5 Å². The Balaban J connectivity index is 0.00000169. The van der Waals surface area contributed by atoms with Crippen molar-refractivity contribution in [2.24, 2.45) is 0 Å². The van der Waals surface area contributed by atoms with Crippen molar-refractivity contribution in [1.82, 2.24) is 24.6 Å². The highest BCUT2D eigenvalue weighted by atomic mass is 35.5. The number of likely N-dealkylation sites (N-methyl/N-ethyl adjacent to an activating group) is 1. The van der Waals surface area contributed by atoms with Crippen molar-refractivity contribution in [3.8, 4) is 5.88 Å². The van der Waals surface area contributed by atoms with Crippen LogP contribution in [0.1, 0.15) is 62.2 Å². The van der Waals surface area contributed by atoms with Crippen LogP contribution in [0.15, 0.2) is 24.5 Å². The zero-order valence-corrected chi connectivity index (χ0v) is 23.1. The van der Waals surface area contributed by atoms with Gasteiger partial charge in [-0.1, -0.05) is 6.92 Å². The predicted octanol–water partition coefficient (Wildman–Crippen LogP) is 6.20. The summed E-state index contributed by atoms with van der Waals surface area (Å²) >= 11 is 0. The van der Waals surface area contributed by atoms with Gasteiger partial charge in [-0.05, 0) is 51.3 Å². The SMILES string of the molecule is CCN1CCC(c2nn(C3CCC(Oc4nccc(C(F)(F)F)c4F)CC3)c3cc(N)ncc23)C1.Cl.Cl.Cl. The zero-order chi connectivity index (χ0) is 24.7. The van der Waals surface area contributed by atoms with Crippen LogP contribution < -0.4 is 10.5 Å². The molecule has 1 saturated heterocycles.